The van der Waals surface area contributed by atoms with Gasteiger partial charge >= 0.3 is 0 Å². The molecule has 0 bridgehead atoms. The van der Waals surface area contributed by atoms with E-state index in [4.69, 9.17) is 11.6 Å². The van der Waals surface area contributed by atoms with E-state index in [1.54, 1.807) is 0 Å². The number of nitrogens with zero attached hydrogens (tertiary/aromatic N) is 1. The van der Waals surface area contributed by atoms with Crippen molar-refractivity contribution in [3.63, 3.8) is 0 Å². The topological polar surface area (TPSA) is 66.5 Å². The third-order valence-corrected chi connectivity index (χ3v) is 5.60. The maximum absolute atomic E-state index is 12.7. The molecule has 0 unspecified atom stereocenters. The van der Waals surface area contributed by atoms with Gasteiger partial charge in [-0.05, 0) is 57.9 Å². The summed E-state index contributed by atoms with van der Waals surface area (Å²) in [5, 5.41) is 3.33. The fraction of sp³-hybridized carbons (Fsp3) is 0.533. The Bertz CT molecular complexity index is 650. The van der Waals surface area contributed by atoms with E-state index in [1.807, 2.05) is 20.8 Å². The van der Waals surface area contributed by atoms with Gasteiger partial charge in [0.25, 0.3) is 0 Å². The molecule has 7 heteroatoms. The van der Waals surface area contributed by atoms with Crippen LogP contribution in [0.15, 0.2) is 29.2 Å². The van der Waals surface area contributed by atoms with Gasteiger partial charge in [-0.15, -0.1) is 0 Å². The van der Waals surface area contributed by atoms with Gasteiger partial charge in [-0.25, -0.2) is 8.42 Å². The van der Waals surface area contributed by atoms with Crippen molar-refractivity contribution in [1.82, 2.24) is 9.62 Å². The number of carbonyl (C=O) groups is 1. The van der Waals surface area contributed by atoms with Gasteiger partial charge in [0.05, 0.1) is 4.90 Å². The monoisotopic (exact) mass is 344 g/mol. The smallest absolute Gasteiger partial charge is 0.243 e. The van der Waals surface area contributed by atoms with Crippen LogP contribution in [0, 0.1) is 0 Å². The minimum absolute atomic E-state index is 0.160. The first-order valence-corrected chi connectivity index (χ1v) is 9.02. The van der Waals surface area contributed by atoms with Crippen LogP contribution in [-0.4, -0.2) is 36.8 Å². The fourth-order valence-electron chi connectivity index (χ4n) is 2.48. The van der Waals surface area contributed by atoms with Gasteiger partial charge in [-0.2, -0.15) is 4.31 Å². The Morgan fingerprint density at radius 2 is 1.86 bits per heavy atom. The summed E-state index contributed by atoms with van der Waals surface area (Å²) in [6.07, 6.45) is 1.21. The Balaban J connectivity index is 2.26. The zero-order valence-electron chi connectivity index (χ0n) is 13.0. The summed E-state index contributed by atoms with van der Waals surface area (Å²) < 4.78 is 26.7. The molecule has 1 N–H and O–H groups in total. The lowest BCUT2D eigenvalue weighted by molar-refractivity contribution is -0.125. The standard InChI is InChI=1S/C15H21ClN2O3S/c1-15(2,3)17-14(19)13-5-4-10-18(13)22(20,21)12-8-6-11(16)7-9-12/h6-9,13H,4-5,10H2,1-3H3,(H,17,19)/t13-/m1/s1. The molecule has 0 saturated carbocycles. The second-order valence-electron chi connectivity index (χ2n) is 6.47. The molecule has 1 fully saturated rings. The number of amides is 1. The van der Waals surface area contributed by atoms with Crippen LogP contribution in [-0.2, 0) is 14.8 Å². The zero-order valence-corrected chi connectivity index (χ0v) is 14.5. The Morgan fingerprint density at radius 3 is 2.41 bits per heavy atom. The molecular formula is C15H21ClN2O3S. The Hall–Kier alpha value is -1.11. The zero-order chi connectivity index (χ0) is 16.5. The van der Waals surface area contributed by atoms with E-state index in [2.05, 4.69) is 5.32 Å². The van der Waals surface area contributed by atoms with Crippen molar-refractivity contribution in [2.75, 3.05) is 6.54 Å². The number of hydrogen-bond donors (Lipinski definition) is 1. The van der Waals surface area contributed by atoms with Crippen LogP contribution in [0.25, 0.3) is 0 Å². The molecule has 1 amide bonds. The molecule has 1 aromatic rings. The lowest BCUT2D eigenvalue weighted by Gasteiger charge is -2.27. The normalized spacial score (nSPS) is 20.1. The molecule has 0 radical (unpaired) electrons. The highest BCUT2D eigenvalue weighted by atomic mass is 35.5. The second-order valence-corrected chi connectivity index (χ2v) is 8.79. The van der Waals surface area contributed by atoms with Crippen LogP contribution in [0.2, 0.25) is 5.02 Å². The first kappa shape index (κ1) is 17.2. The maximum atomic E-state index is 12.7. The lowest BCUT2D eigenvalue weighted by atomic mass is 10.1. The van der Waals surface area contributed by atoms with Gasteiger partial charge in [-0.3, -0.25) is 4.79 Å². The van der Waals surface area contributed by atoms with E-state index in [9.17, 15) is 13.2 Å². The van der Waals surface area contributed by atoms with Gasteiger partial charge in [0.1, 0.15) is 6.04 Å². The third-order valence-electron chi connectivity index (χ3n) is 3.42. The van der Waals surface area contributed by atoms with Crippen molar-refractivity contribution in [3.8, 4) is 0 Å². The molecule has 1 atom stereocenters. The summed E-state index contributed by atoms with van der Waals surface area (Å²) >= 11 is 5.80. The van der Waals surface area contributed by atoms with Crippen LogP contribution in [0.1, 0.15) is 33.6 Å². The minimum Gasteiger partial charge on any atom is -0.350 e. The van der Waals surface area contributed by atoms with Crippen LogP contribution in [0.3, 0.4) is 0 Å². The largest absolute Gasteiger partial charge is 0.350 e. The molecule has 1 saturated heterocycles. The Kier molecular flexibility index (Phi) is 4.84. The van der Waals surface area contributed by atoms with Gasteiger partial charge in [-0.1, -0.05) is 11.6 Å². The molecule has 1 aromatic carbocycles. The molecule has 1 aliphatic rings. The Labute approximate surface area is 136 Å². The van der Waals surface area contributed by atoms with Gasteiger partial charge < -0.3 is 5.32 Å². The van der Waals surface area contributed by atoms with E-state index in [0.29, 0.717) is 24.4 Å². The molecule has 1 aliphatic heterocycles. The summed E-state index contributed by atoms with van der Waals surface area (Å²) in [4.78, 5) is 12.5. The molecule has 0 aromatic heterocycles. The van der Waals surface area contributed by atoms with E-state index in [-0.39, 0.29) is 10.8 Å². The molecular weight excluding hydrogens is 324 g/mol. The quantitative estimate of drug-likeness (QED) is 0.915. The van der Waals surface area contributed by atoms with Crippen molar-refractivity contribution in [1.29, 1.82) is 0 Å². The molecule has 22 heavy (non-hydrogen) atoms. The number of benzene rings is 1. The number of carbonyl (C=O) groups excluding carboxylic acids is 1. The van der Waals surface area contributed by atoms with Gasteiger partial charge in [0.2, 0.25) is 15.9 Å². The first-order chi connectivity index (χ1) is 10.1. The predicted octanol–water partition coefficient (Wildman–Crippen LogP) is 2.41. The number of sulfonamides is 1. The van der Waals surface area contributed by atoms with Crippen molar-refractivity contribution in [3.05, 3.63) is 29.3 Å². The fourth-order valence-corrected chi connectivity index (χ4v) is 4.27. The van der Waals surface area contributed by atoms with Crippen molar-refractivity contribution < 1.29 is 13.2 Å². The molecule has 1 heterocycles. The van der Waals surface area contributed by atoms with E-state index in [0.717, 1.165) is 0 Å². The highest BCUT2D eigenvalue weighted by Gasteiger charge is 2.40. The molecule has 0 spiro atoms. The SMILES string of the molecule is CC(C)(C)NC(=O)[C@H]1CCCN1S(=O)(=O)c1ccc(Cl)cc1. The molecule has 0 aliphatic carbocycles. The highest BCUT2D eigenvalue weighted by molar-refractivity contribution is 7.89. The van der Waals surface area contributed by atoms with Crippen LogP contribution >= 0.6 is 11.6 Å². The summed E-state index contributed by atoms with van der Waals surface area (Å²) in [5.74, 6) is -0.248. The molecule has 122 valence electrons. The van der Waals surface area contributed by atoms with Crippen molar-refractivity contribution in [2.24, 2.45) is 0 Å². The first-order valence-electron chi connectivity index (χ1n) is 7.21. The Morgan fingerprint density at radius 1 is 1.27 bits per heavy atom. The second kappa shape index (κ2) is 6.18. The number of hydrogen-bond acceptors (Lipinski definition) is 3. The number of halogens is 1. The summed E-state index contributed by atoms with van der Waals surface area (Å²) in [6.45, 7) is 5.97. The van der Waals surface area contributed by atoms with Crippen LogP contribution < -0.4 is 5.32 Å². The highest BCUT2D eigenvalue weighted by Crippen LogP contribution is 2.27. The summed E-state index contributed by atoms with van der Waals surface area (Å²) in [5.41, 5.74) is -0.393. The van der Waals surface area contributed by atoms with Gasteiger partial charge in [0, 0.05) is 17.1 Å². The van der Waals surface area contributed by atoms with Crippen LogP contribution in [0.4, 0.5) is 0 Å². The summed E-state index contributed by atoms with van der Waals surface area (Å²) in [6, 6.07) is 5.35. The average molecular weight is 345 g/mol. The van der Waals surface area contributed by atoms with E-state index < -0.39 is 21.6 Å². The van der Waals surface area contributed by atoms with Crippen molar-refractivity contribution >= 4 is 27.5 Å². The predicted molar refractivity (Wildman–Crippen MR) is 86.3 cm³/mol. The van der Waals surface area contributed by atoms with Gasteiger partial charge in [0.15, 0.2) is 0 Å². The van der Waals surface area contributed by atoms with E-state index >= 15 is 0 Å². The van der Waals surface area contributed by atoms with Crippen molar-refractivity contribution in [2.45, 2.75) is 50.1 Å². The maximum Gasteiger partial charge on any atom is 0.243 e. The third kappa shape index (κ3) is 3.80. The van der Waals surface area contributed by atoms with Crippen LogP contribution in [0.5, 0.6) is 0 Å². The number of nitrogens with one attached hydrogen (secondary N) is 1. The summed E-state index contributed by atoms with van der Waals surface area (Å²) in [7, 11) is -3.69. The lowest BCUT2D eigenvalue weighted by Crippen LogP contribution is -2.51. The molecule has 5 nitrogen and oxygen atoms in total. The average Bonchev–Trinajstić information content (AvgIpc) is 2.87. The minimum atomic E-state index is -3.69. The number of rotatable bonds is 3. The van der Waals surface area contributed by atoms with E-state index in [1.165, 1.54) is 28.6 Å². The molecule has 2 rings (SSSR count).